The highest BCUT2D eigenvalue weighted by molar-refractivity contribution is 7.16. The lowest BCUT2D eigenvalue weighted by Crippen LogP contribution is -1.99. The summed E-state index contributed by atoms with van der Waals surface area (Å²) < 4.78 is 0. The van der Waals surface area contributed by atoms with Crippen LogP contribution < -0.4 is 5.32 Å². The maximum absolute atomic E-state index is 4.49. The van der Waals surface area contributed by atoms with Crippen LogP contribution in [0.1, 0.15) is 5.56 Å². The van der Waals surface area contributed by atoms with E-state index < -0.39 is 0 Å². The van der Waals surface area contributed by atoms with Crippen molar-refractivity contribution in [1.82, 2.24) is 19.9 Å². The number of hydrogen-bond donors (Lipinski definition) is 1. The van der Waals surface area contributed by atoms with Crippen LogP contribution in [0.15, 0.2) is 23.8 Å². The van der Waals surface area contributed by atoms with Crippen LogP contribution in [-0.2, 0) is 0 Å². The fraction of sp³-hybridized carbons (Fsp3) is 0.167. The summed E-state index contributed by atoms with van der Waals surface area (Å²) in [4.78, 5) is 18.4. The van der Waals surface area contributed by atoms with Crippen LogP contribution in [-0.4, -0.2) is 27.0 Å². The number of aromatic nitrogens is 4. The summed E-state index contributed by atoms with van der Waals surface area (Å²) >= 11 is 1.58. The minimum Gasteiger partial charge on any atom is -0.372 e. The van der Waals surface area contributed by atoms with Gasteiger partial charge in [0, 0.05) is 19.4 Å². The summed E-state index contributed by atoms with van der Waals surface area (Å²) in [7, 11) is 1.85. The monoisotopic (exact) mass is 257 g/mol. The molecule has 90 valence electrons. The zero-order chi connectivity index (χ0) is 12.5. The average Bonchev–Trinajstić information content (AvgIpc) is 2.86. The highest BCUT2D eigenvalue weighted by Crippen LogP contribution is 2.26. The van der Waals surface area contributed by atoms with Gasteiger partial charge in [-0.25, -0.2) is 19.9 Å². The molecule has 0 unspecified atom stereocenters. The van der Waals surface area contributed by atoms with Crippen molar-refractivity contribution in [2.24, 2.45) is 0 Å². The SMILES string of the molecule is CNc1nc(-c2ncc(C)cn2)nc2sccc12. The van der Waals surface area contributed by atoms with Gasteiger partial charge < -0.3 is 5.32 Å². The number of nitrogens with one attached hydrogen (secondary N) is 1. The molecule has 0 bridgehead atoms. The van der Waals surface area contributed by atoms with Crippen LogP contribution in [0.5, 0.6) is 0 Å². The van der Waals surface area contributed by atoms with E-state index in [1.54, 1.807) is 23.7 Å². The van der Waals surface area contributed by atoms with Gasteiger partial charge in [0.15, 0.2) is 5.82 Å². The van der Waals surface area contributed by atoms with E-state index in [9.17, 15) is 0 Å². The summed E-state index contributed by atoms with van der Waals surface area (Å²) in [5, 5.41) is 6.10. The average molecular weight is 257 g/mol. The largest absolute Gasteiger partial charge is 0.372 e. The van der Waals surface area contributed by atoms with Crippen LogP contribution in [0.3, 0.4) is 0 Å². The minimum absolute atomic E-state index is 0.549. The molecule has 0 aromatic carbocycles. The summed E-state index contributed by atoms with van der Waals surface area (Å²) in [6.45, 7) is 1.95. The summed E-state index contributed by atoms with van der Waals surface area (Å²) in [5.74, 6) is 1.90. The maximum atomic E-state index is 4.49. The quantitative estimate of drug-likeness (QED) is 0.764. The molecular formula is C12H11N5S. The van der Waals surface area contributed by atoms with E-state index in [4.69, 9.17) is 0 Å². The van der Waals surface area contributed by atoms with Crippen LogP contribution in [0.2, 0.25) is 0 Å². The molecule has 0 amide bonds. The topological polar surface area (TPSA) is 63.6 Å². The highest BCUT2D eigenvalue weighted by atomic mass is 32.1. The number of nitrogens with zero attached hydrogens (tertiary/aromatic N) is 4. The van der Waals surface area contributed by atoms with Gasteiger partial charge in [0.25, 0.3) is 0 Å². The van der Waals surface area contributed by atoms with Gasteiger partial charge in [-0.05, 0) is 23.9 Å². The molecule has 3 rings (SSSR count). The van der Waals surface area contributed by atoms with E-state index in [0.29, 0.717) is 11.6 Å². The van der Waals surface area contributed by atoms with E-state index in [2.05, 4.69) is 25.3 Å². The van der Waals surface area contributed by atoms with Gasteiger partial charge in [0.2, 0.25) is 5.82 Å². The fourth-order valence-electron chi connectivity index (χ4n) is 1.65. The lowest BCUT2D eigenvalue weighted by molar-refractivity contribution is 1.08. The number of rotatable bonds is 2. The van der Waals surface area contributed by atoms with Gasteiger partial charge in [0.1, 0.15) is 10.6 Å². The Morgan fingerprint density at radius 1 is 1.11 bits per heavy atom. The Kier molecular flexibility index (Phi) is 2.64. The molecule has 0 aliphatic rings. The predicted octanol–water partition coefficient (Wildman–Crippen LogP) is 2.50. The van der Waals surface area contributed by atoms with Crippen LogP contribution in [0.25, 0.3) is 21.9 Å². The molecule has 0 aliphatic carbocycles. The van der Waals surface area contributed by atoms with Crippen molar-refractivity contribution in [1.29, 1.82) is 0 Å². The molecule has 3 aromatic rings. The second-order valence-corrected chi connectivity index (χ2v) is 4.76. The molecule has 0 spiro atoms. The zero-order valence-corrected chi connectivity index (χ0v) is 10.8. The first-order valence-corrected chi connectivity index (χ1v) is 6.38. The van der Waals surface area contributed by atoms with Crippen molar-refractivity contribution in [3.8, 4) is 11.6 Å². The van der Waals surface area contributed by atoms with Crippen molar-refractivity contribution >= 4 is 27.4 Å². The molecule has 0 saturated carbocycles. The van der Waals surface area contributed by atoms with E-state index in [1.807, 2.05) is 25.4 Å². The normalized spacial score (nSPS) is 10.8. The first kappa shape index (κ1) is 11.0. The maximum Gasteiger partial charge on any atom is 0.201 e. The Morgan fingerprint density at radius 3 is 2.61 bits per heavy atom. The number of fused-ring (bicyclic) bond motifs is 1. The first-order valence-electron chi connectivity index (χ1n) is 5.50. The molecule has 0 saturated heterocycles. The van der Waals surface area contributed by atoms with E-state index in [1.165, 1.54) is 0 Å². The Balaban J connectivity index is 2.19. The van der Waals surface area contributed by atoms with E-state index >= 15 is 0 Å². The molecule has 0 atom stereocenters. The molecule has 3 aromatic heterocycles. The molecule has 18 heavy (non-hydrogen) atoms. The minimum atomic E-state index is 0.549. The van der Waals surface area contributed by atoms with Crippen LogP contribution in [0, 0.1) is 6.92 Å². The van der Waals surface area contributed by atoms with Crippen molar-refractivity contribution < 1.29 is 0 Å². The lowest BCUT2D eigenvalue weighted by Gasteiger charge is -2.04. The molecular weight excluding hydrogens is 246 g/mol. The van der Waals surface area contributed by atoms with E-state index in [-0.39, 0.29) is 0 Å². The number of thiophene rings is 1. The van der Waals surface area contributed by atoms with Crippen molar-refractivity contribution in [2.45, 2.75) is 6.92 Å². The second kappa shape index (κ2) is 4.30. The lowest BCUT2D eigenvalue weighted by atomic mass is 10.3. The third-order valence-corrected chi connectivity index (χ3v) is 3.35. The Morgan fingerprint density at radius 2 is 1.89 bits per heavy atom. The zero-order valence-electron chi connectivity index (χ0n) is 10.0. The number of anilines is 1. The Hall–Kier alpha value is -2.08. The molecule has 0 radical (unpaired) electrons. The number of hydrogen-bond acceptors (Lipinski definition) is 6. The van der Waals surface area contributed by atoms with Gasteiger partial charge in [-0.1, -0.05) is 0 Å². The van der Waals surface area contributed by atoms with Gasteiger partial charge in [0.05, 0.1) is 5.39 Å². The molecule has 3 heterocycles. The first-order chi connectivity index (χ1) is 8.78. The second-order valence-electron chi connectivity index (χ2n) is 3.87. The Labute approximate surface area is 108 Å². The molecule has 5 nitrogen and oxygen atoms in total. The predicted molar refractivity (Wildman–Crippen MR) is 72.7 cm³/mol. The highest BCUT2D eigenvalue weighted by Gasteiger charge is 2.11. The van der Waals surface area contributed by atoms with Crippen LogP contribution in [0.4, 0.5) is 5.82 Å². The number of aryl methyl sites for hydroxylation is 1. The molecule has 6 heteroatoms. The smallest absolute Gasteiger partial charge is 0.201 e. The van der Waals surface area contributed by atoms with Gasteiger partial charge in [-0.3, -0.25) is 0 Å². The van der Waals surface area contributed by atoms with E-state index in [0.717, 1.165) is 21.6 Å². The summed E-state index contributed by atoms with van der Waals surface area (Å²) in [6.07, 6.45) is 3.53. The van der Waals surface area contributed by atoms with Crippen molar-refractivity contribution in [2.75, 3.05) is 12.4 Å². The molecule has 0 fully saturated rings. The van der Waals surface area contributed by atoms with Gasteiger partial charge >= 0.3 is 0 Å². The Bertz CT molecular complexity index is 689. The van der Waals surface area contributed by atoms with Gasteiger partial charge in [-0.15, -0.1) is 11.3 Å². The molecule has 1 N–H and O–H groups in total. The molecule has 0 aliphatic heterocycles. The summed E-state index contributed by atoms with van der Waals surface area (Å²) in [5.41, 5.74) is 1.02. The third-order valence-electron chi connectivity index (χ3n) is 2.54. The summed E-state index contributed by atoms with van der Waals surface area (Å²) in [6, 6.07) is 2.01. The standard InChI is InChI=1S/C12H11N5S/c1-7-5-14-10(15-6-7)11-16-9(13-2)8-3-4-18-12(8)17-11/h3-6H,1-2H3,(H,13,16,17). The van der Waals surface area contributed by atoms with Crippen molar-refractivity contribution in [3.63, 3.8) is 0 Å². The third kappa shape index (κ3) is 1.80. The fourth-order valence-corrected chi connectivity index (χ4v) is 2.42. The van der Waals surface area contributed by atoms with Crippen molar-refractivity contribution in [3.05, 3.63) is 29.4 Å². The van der Waals surface area contributed by atoms with Gasteiger partial charge in [-0.2, -0.15) is 0 Å². The van der Waals surface area contributed by atoms with Crippen LogP contribution >= 0.6 is 11.3 Å².